The molecule has 0 unspecified atom stereocenters. The Morgan fingerprint density at radius 3 is 2.54 bits per heavy atom. The van der Waals surface area contributed by atoms with Gasteiger partial charge in [0.2, 0.25) is 11.8 Å². The second kappa shape index (κ2) is 6.84. The van der Waals surface area contributed by atoms with Gasteiger partial charge >= 0.3 is 0 Å². The minimum Gasteiger partial charge on any atom is -0.342 e. The first-order valence-corrected chi connectivity index (χ1v) is 9.69. The fourth-order valence-corrected chi connectivity index (χ4v) is 4.26. The van der Waals surface area contributed by atoms with Crippen LogP contribution in [0.25, 0.3) is 0 Å². The van der Waals surface area contributed by atoms with Crippen molar-refractivity contribution in [3.05, 3.63) is 16.8 Å². The van der Waals surface area contributed by atoms with Crippen molar-refractivity contribution in [1.29, 1.82) is 0 Å². The van der Waals surface area contributed by atoms with Gasteiger partial charge in [-0.15, -0.1) is 0 Å². The number of nitrogens with zero attached hydrogens (tertiary/aromatic N) is 3. The molecule has 6 heteroatoms. The quantitative estimate of drug-likeness (QED) is 0.839. The molecular weight excluding hydrogens is 322 g/mol. The number of rotatable bonds is 4. The van der Waals surface area contributed by atoms with Gasteiger partial charge in [0.1, 0.15) is 0 Å². The van der Waals surface area contributed by atoms with Crippen molar-refractivity contribution < 1.29 is 9.59 Å². The van der Waals surface area contributed by atoms with E-state index in [0.29, 0.717) is 25.7 Å². The van der Waals surface area contributed by atoms with Crippen molar-refractivity contribution in [2.24, 2.45) is 5.41 Å². The molecule has 3 rings (SSSR count). The van der Waals surface area contributed by atoms with Crippen LogP contribution < -0.4 is 4.90 Å². The third-order valence-electron chi connectivity index (χ3n) is 5.67. The minimum atomic E-state index is -0.247. The minimum absolute atomic E-state index is 0.182. The molecule has 2 amide bonds. The van der Waals surface area contributed by atoms with E-state index in [1.165, 1.54) is 0 Å². The predicted molar refractivity (Wildman–Crippen MR) is 97.3 cm³/mol. The molecule has 3 heterocycles. The summed E-state index contributed by atoms with van der Waals surface area (Å²) >= 11 is 1.62. The van der Waals surface area contributed by atoms with E-state index >= 15 is 0 Å². The Morgan fingerprint density at radius 2 is 1.96 bits per heavy atom. The van der Waals surface area contributed by atoms with Gasteiger partial charge in [-0.2, -0.15) is 11.3 Å². The summed E-state index contributed by atoms with van der Waals surface area (Å²) < 4.78 is 0. The largest absolute Gasteiger partial charge is 0.342 e. The van der Waals surface area contributed by atoms with Crippen molar-refractivity contribution in [2.45, 2.75) is 39.2 Å². The van der Waals surface area contributed by atoms with Crippen molar-refractivity contribution in [1.82, 2.24) is 9.80 Å². The van der Waals surface area contributed by atoms with Gasteiger partial charge in [0.25, 0.3) is 0 Å². The number of carbonyl (C=O) groups excluding carboxylic acids is 2. The van der Waals surface area contributed by atoms with E-state index in [1.54, 1.807) is 11.3 Å². The van der Waals surface area contributed by atoms with Gasteiger partial charge in [0, 0.05) is 31.1 Å². The van der Waals surface area contributed by atoms with Gasteiger partial charge in [-0.3, -0.25) is 14.5 Å². The first kappa shape index (κ1) is 17.4. The highest BCUT2D eigenvalue weighted by molar-refractivity contribution is 7.08. The Morgan fingerprint density at radius 1 is 1.29 bits per heavy atom. The zero-order valence-electron chi connectivity index (χ0n) is 14.8. The Hall–Kier alpha value is -1.40. The second-order valence-electron chi connectivity index (χ2n) is 7.36. The number of hydrogen-bond acceptors (Lipinski definition) is 4. The zero-order valence-corrected chi connectivity index (χ0v) is 15.6. The molecule has 0 aliphatic carbocycles. The third kappa shape index (κ3) is 3.22. The summed E-state index contributed by atoms with van der Waals surface area (Å²) in [4.78, 5) is 31.3. The maximum atomic E-state index is 12.9. The molecule has 2 saturated heterocycles. The van der Waals surface area contributed by atoms with Crippen LogP contribution in [0.4, 0.5) is 5.69 Å². The number of anilines is 1. The maximum absolute atomic E-state index is 12.9. The average molecular weight is 349 g/mol. The average Bonchev–Trinajstić information content (AvgIpc) is 3.18. The summed E-state index contributed by atoms with van der Waals surface area (Å²) in [5, 5.41) is 4.05. The van der Waals surface area contributed by atoms with Crippen LogP contribution in [0.15, 0.2) is 16.8 Å². The Balaban J connectivity index is 1.59. The number of likely N-dealkylation sites (N-methyl/N-ethyl adjacent to an activating group) is 1. The lowest BCUT2D eigenvalue weighted by Crippen LogP contribution is -2.49. The van der Waals surface area contributed by atoms with Crippen molar-refractivity contribution >= 4 is 28.8 Å². The van der Waals surface area contributed by atoms with Crippen LogP contribution >= 0.6 is 11.3 Å². The fourth-order valence-electron chi connectivity index (χ4n) is 3.62. The lowest BCUT2D eigenvalue weighted by Gasteiger charge is -2.38. The summed E-state index contributed by atoms with van der Waals surface area (Å²) in [6.45, 7) is 6.85. The van der Waals surface area contributed by atoms with Crippen molar-refractivity contribution in [3.8, 4) is 0 Å². The van der Waals surface area contributed by atoms with Gasteiger partial charge in [-0.1, -0.05) is 0 Å². The lowest BCUT2D eigenvalue weighted by molar-refractivity contribution is -0.138. The first-order chi connectivity index (χ1) is 11.4. The molecule has 24 heavy (non-hydrogen) atoms. The molecule has 5 nitrogen and oxygen atoms in total. The van der Waals surface area contributed by atoms with E-state index in [9.17, 15) is 9.59 Å². The van der Waals surface area contributed by atoms with Crippen LogP contribution in [0, 0.1) is 5.41 Å². The molecule has 1 spiro atoms. The summed E-state index contributed by atoms with van der Waals surface area (Å²) in [5.74, 6) is 0.438. The summed E-state index contributed by atoms with van der Waals surface area (Å²) in [7, 11) is 1.98. The van der Waals surface area contributed by atoms with E-state index in [1.807, 2.05) is 33.7 Å². The van der Waals surface area contributed by atoms with Crippen molar-refractivity contribution in [3.63, 3.8) is 0 Å². The van der Waals surface area contributed by atoms with Crippen LogP contribution in [-0.4, -0.2) is 60.9 Å². The summed E-state index contributed by atoms with van der Waals surface area (Å²) in [6, 6.07) is 2.38. The number of likely N-dealkylation sites (tertiary alicyclic amines) is 1. The number of hydrogen-bond donors (Lipinski definition) is 0. The number of piperidine rings is 1. The molecule has 1 aromatic heterocycles. The zero-order chi connectivity index (χ0) is 17.3. The highest BCUT2D eigenvalue weighted by Crippen LogP contribution is 2.43. The Bertz CT molecular complexity index is 591. The molecular formula is C18H27N3O2S. The third-order valence-corrected chi connectivity index (χ3v) is 6.34. The number of amides is 2. The topological polar surface area (TPSA) is 43.9 Å². The molecule has 0 atom stereocenters. The van der Waals surface area contributed by atoms with Gasteiger partial charge in [0.15, 0.2) is 0 Å². The molecule has 0 radical (unpaired) electrons. The van der Waals surface area contributed by atoms with E-state index in [0.717, 1.165) is 31.5 Å². The second-order valence-corrected chi connectivity index (χ2v) is 8.14. The molecule has 1 aromatic rings. The Kier molecular flexibility index (Phi) is 4.97. The SMILES string of the molecule is CC(C)N(C)CC(=O)N1CCC2(CC1)CCN(c1ccsc1)C2=O. The van der Waals surface area contributed by atoms with Crippen LogP contribution in [0.3, 0.4) is 0 Å². The maximum Gasteiger partial charge on any atom is 0.236 e. The van der Waals surface area contributed by atoms with Crippen LogP contribution in [0.5, 0.6) is 0 Å². The van der Waals surface area contributed by atoms with Crippen LogP contribution in [0.1, 0.15) is 33.1 Å². The summed E-state index contributed by atoms with van der Waals surface area (Å²) in [5.41, 5.74) is 0.779. The van der Waals surface area contributed by atoms with Crippen LogP contribution in [-0.2, 0) is 9.59 Å². The van der Waals surface area contributed by atoms with E-state index in [2.05, 4.69) is 18.7 Å². The lowest BCUT2D eigenvalue weighted by atomic mass is 9.77. The number of thiophene rings is 1. The van der Waals surface area contributed by atoms with E-state index < -0.39 is 0 Å². The van der Waals surface area contributed by atoms with Gasteiger partial charge in [0.05, 0.1) is 17.6 Å². The monoisotopic (exact) mass is 349 g/mol. The van der Waals surface area contributed by atoms with E-state index in [-0.39, 0.29) is 17.2 Å². The smallest absolute Gasteiger partial charge is 0.236 e. The fraction of sp³-hybridized carbons (Fsp3) is 0.667. The molecule has 0 bridgehead atoms. The summed E-state index contributed by atoms with van der Waals surface area (Å²) in [6.07, 6.45) is 2.50. The van der Waals surface area contributed by atoms with Gasteiger partial charge in [-0.05, 0) is 51.6 Å². The highest BCUT2D eigenvalue weighted by atomic mass is 32.1. The molecule has 2 aliphatic heterocycles. The Labute approximate surface area is 148 Å². The van der Waals surface area contributed by atoms with Crippen molar-refractivity contribution in [2.75, 3.05) is 38.1 Å². The number of carbonyl (C=O) groups is 2. The molecule has 132 valence electrons. The normalized spacial score (nSPS) is 20.6. The van der Waals surface area contributed by atoms with Gasteiger partial charge in [-0.25, -0.2) is 0 Å². The molecule has 2 aliphatic rings. The molecule has 0 aromatic carbocycles. The van der Waals surface area contributed by atoms with Crippen LogP contribution in [0.2, 0.25) is 0 Å². The first-order valence-electron chi connectivity index (χ1n) is 8.75. The molecule has 0 N–H and O–H groups in total. The highest BCUT2D eigenvalue weighted by Gasteiger charge is 2.49. The molecule has 0 saturated carbocycles. The standard InChI is InChI=1S/C18H27N3O2S/c1-14(2)19(3)12-16(22)20-8-5-18(6-9-20)7-10-21(17(18)23)15-4-11-24-13-15/h4,11,13-14H,5-10,12H2,1-3H3. The van der Waals surface area contributed by atoms with E-state index in [4.69, 9.17) is 0 Å². The van der Waals surface area contributed by atoms with Gasteiger partial charge < -0.3 is 9.80 Å². The predicted octanol–water partition coefficient (Wildman–Crippen LogP) is 2.43. The molecule has 2 fully saturated rings.